The third kappa shape index (κ3) is 4.65. The molecular formula is C19H20BrFN2O. The molecule has 0 saturated carbocycles. The van der Waals surface area contributed by atoms with Crippen molar-refractivity contribution < 1.29 is 9.18 Å². The molecule has 2 aromatic carbocycles. The highest BCUT2D eigenvalue weighted by Gasteiger charge is 2.21. The van der Waals surface area contributed by atoms with Gasteiger partial charge in [0.1, 0.15) is 5.82 Å². The summed E-state index contributed by atoms with van der Waals surface area (Å²) in [7, 11) is 0. The predicted octanol–water partition coefficient (Wildman–Crippen LogP) is 3.98. The van der Waals surface area contributed by atoms with E-state index in [1.165, 1.54) is 17.7 Å². The number of piperidine rings is 1. The maximum Gasteiger partial charge on any atom is 0.251 e. The molecule has 0 atom stereocenters. The standard InChI is InChI=1S/C19H20BrFN2O/c20-16-10-15(11-17(21)12-16)19(24)22-18-6-8-23(9-7-18)13-14-4-2-1-3-5-14/h1-5,10-12,18H,6-9,13H2,(H,22,24). The Morgan fingerprint density at radius 2 is 1.88 bits per heavy atom. The van der Waals surface area contributed by atoms with Crippen molar-refractivity contribution in [2.75, 3.05) is 13.1 Å². The lowest BCUT2D eigenvalue weighted by Crippen LogP contribution is -2.44. The second-order valence-electron chi connectivity index (χ2n) is 6.17. The van der Waals surface area contributed by atoms with Crippen LogP contribution < -0.4 is 5.32 Å². The second kappa shape index (κ2) is 7.90. The molecule has 24 heavy (non-hydrogen) atoms. The second-order valence-corrected chi connectivity index (χ2v) is 7.08. The molecule has 0 unspecified atom stereocenters. The molecule has 2 aromatic rings. The van der Waals surface area contributed by atoms with E-state index in [-0.39, 0.29) is 11.9 Å². The zero-order chi connectivity index (χ0) is 16.9. The van der Waals surface area contributed by atoms with Gasteiger partial charge in [0, 0.05) is 35.7 Å². The molecule has 3 rings (SSSR count). The fraction of sp³-hybridized carbons (Fsp3) is 0.316. The average molecular weight is 391 g/mol. The quantitative estimate of drug-likeness (QED) is 0.855. The summed E-state index contributed by atoms with van der Waals surface area (Å²) in [5, 5.41) is 3.02. The molecule has 1 fully saturated rings. The van der Waals surface area contributed by atoms with Crippen molar-refractivity contribution >= 4 is 21.8 Å². The number of carbonyl (C=O) groups excluding carboxylic acids is 1. The van der Waals surface area contributed by atoms with Crippen LogP contribution in [0.5, 0.6) is 0 Å². The number of halogens is 2. The summed E-state index contributed by atoms with van der Waals surface area (Å²) in [6.45, 7) is 2.84. The van der Waals surface area contributed by atoms with Crippen molar-refractivity contribution in [2.24, 2.45) is 0 Å². The smallest absolute Gasteiger partial charge is 0.251 e. The first-order valence-electron chi connectivity index (χ1n) is 8.13. The van der Waals surface area contributed by atoms with Crippen LogP contribution in [0, 0.1) is 5.82 Å². The maximum absolute atomic E-state index is 13.4. The molecule has 1 amide bonds. The summed E-state index contributed by atoms with van der Waals surface area (Å²) in [5.41, 5.74) is 1.66. The summed E-state index contributed by atoms with van der Waals surface area (Å²) in [4.78, 5) is 14.7. The van der Waals surface area contributed by atoms with Crippen molar-refractivity contribution in [1.29, 1.82) is 0 Å². The fourth-order valence-electron chi connectivity index (χ4n) is 3.03. The van der Waals surface area contributed by atoms with Gasteiger partial charge in [0.25, 0.3) is 5.91 Å². The summed E-state index contributed by atoms with van der Waals surface area (Å²) < 4.78 is 14.0. The van der Waals surface area contributed by atoms with E-state index >= 15 is 0 Å². The van der Waals surface area contributed by atoms with Crippen molar-refractivity contribution in [2.45, 2.75) is 25.4 Å². The molecule has 1 saturated heterocycles. The number of benzene rings is 2. The van der Waals surface area contributed by atoms with Crippen molar-refractivity contribution in [3.05, 3.63) is 69.9 Å². The number of rotatable bonds is 4. The number of amides is 1. The normalized spacial score (nSPS) is 16.1. The van der Waals surface area contributed by atoms with E-state index in [0.717, 1.165) is 32.5 Å². The van der Waals surface area contributed by atoms with Crippen LogP contribution in [-0.4, -0.2) is 29.9 Å². The molecule has 0 aliphatic carbocycles. The van der Waals surface area contributed by atoms with Gasteiger partial charge in [-0.2, -0.15) is 0 Å². The van der Waals surface area contributed by atoms with E-state index in [9.17, 15) is 9.18 Å². The van der Waals surface area contributed by atoms with Gasteiger partial charge in [-0.1, -0.05) is 46.3 Å². The van der Waals surface area contributed by atoms with Crippen LogP contribution in [-0.2, 0) is 6.54 Å². The molecule has 3 nitrogen and oxygen atoms in total. The molecule has 1 aliphatic rings. The predicted molar refractivity (Wildman–Crippen MR) is 96.3 cm³/mol. The van der Waals surface area contributed by atoms with Gasteiger partial charge in [0.2, 0.25) is 0 Å². The van der Waals surface area contributed by atoms with E-state index < -0.39 is 5.82 Å². The fourth-order valence-corrected chi connectivity index (χ4v) is 3.50. The van der Waals surface area contributed by atoms with Crippen molar-refractivity contribution in [3.63, 3.8) is 0 Å². The number of likely N-dealkylation sites (tertiary alicyclic amines) is 1. The minimum absolute atomic E-state index is 0.145. The summed E-state index contributed by atoms with van der Waals surface area (Å²) in [5.74, 6) is -0.621. The van der Waals surface area contributed by atoms with Gasteiger partial charge in [-0.05, 0) is 36.6 Å². The van der Waals surface area contributed by atoms with E-state index in [1.54, 1.807) is 6.07 Å². The van der Waals surface area contributed by atoms with Crippen LogP contribution in [0.15, 0.2) is 53.0 Å². The highest BCUT2D eigenvalue weighted by Crippen LogP contribution is 2.17. The van der Waals surface area contributed by atoms with Crippen molar-refractivity contribution in [3.8, 4) is 0 Å². The number of hydrogen-bond donors (Lipinski definition) is 1. The average Bonchev–Trinajstić information content (AvgIpc) is 2.57. The third-order valence-electron chi connectivity index (χ3n) is 4.30. The molecule has 1 N–H and O–H groups in total. The van der Waals surface area contributed by atoms with Gasteiger partial charge in [-0.15, -0.1) is 0 Å². The topological polar surface area (TPSA) is 32.3 Å². The van der Waals surface area contributed by atoms with Gasteiger partial charge in [0.15, 0.2) is 0 Å². The van der Waals surface area contributed by atoms with Crippen LogP contribution >= 0.6 is 15.9 Å². The lowest BCUT2D eigenvalue weighted by atomic mass is 10.0. The minimum atomic E-state index is -0.410. The van der Waals surface area contributed by atoms with Crippen LogP contribution in [0.25, 0.3) is 0 Å². The first kappa shape index (κ1) is 17.1. The van der Waals surface area contributed by atoms with E-state index in [1.807, 2.05) is 6.07 Å². The van der Waals surface area contributed by atoms with Gasteiger partial charge >= 0.3 is 0 Å². The molecule has 0 spiro atoms. The highest BCUT2D eigenvalue weighted by molar-refractivity contribution is 9.10. The van der Waals surface area contributed by atoms with Gasteiger partial charge < -0.3 is 5.32 Å². The number of nitrogens with one attached hydrogen (secondary N) is 1. The molecule has 1 aliphatic heterocycles. The number of nitrogens with zero attached hydrogens (tertiary/aromatic N) is 1. The zero-order valence-electron chi connectivity index (χ0n) is 13.3. The SMILES string of the molecule is O=C(NC1CCN(Cc2ccccc2)CC1)c1cc(F)cc(Br)c1. The van der Waals surface area contributed by atoms with Crippen LogP contribution in [0.1, 0.15) is 28.8 Å². The minimum Gasteiger partial charge on any atom is -0.349 e. The van der Waals surface area contributed by atoms with E-state index in [2.05, 4.69) is 50.4 Å². The third-order valence-corrected chi connectivity index (χ3v) is 4.75. The first-order valence-corrected chi connectivity index (χ1v) is 8.93. The lowest BCUT2D eigenvalue weighted by Gasteiger charge is -2.32. The van der Waals surface area contributed by atoms with E-state index in [0.29, 0.717) is 10.0 Å². The van der Waals surface area contributed by atoms with Crippen LogP contribution in [0.2, 0.25) is 0 Å². The maximum atomic E-state index is 13.4. The van der Waals surface area contributed by atoms with Gasteiger partial charge in [-0.3, -0.25) is 9.69 Å². The molecule has 126 valence electrons. The Labute approximate surface area is 150 Å². The zero-order valence-corrected chi connectivity index (χ0v) is 14.9. The molecule has 0 aromatic heterocycles. The Balaban J connectivity index is 1.51. The number of carbonyl (C=O) groups is 1. The summed E-state index contributed by atoms with van der Waals surface area (Å²) in [6.07, 6.45) is 1.82. The Morgan fingerprint density at radius 3 is 2.54 bits per heavy atom. The Kier molecular flexibility index (Phi) is 5.63. The number of hydrogen-bond acceptors (Lipinski definition) is 2. The van der Waals surface area contributed by atoms with Crippen LogP contribution in [0.4, 0.5) is 4.39 Å². The lowest BCUT2D eigenvalue weighted by molar-refractivity contribution is 0.0908. The highest BCUT2D eigenvalue weighted by atomic mass is 79.9. The summed E-state index contributed by atoms with van der Waals surface area (Å²) >= 11 is 3.22. The Hall–Kier alpha value is -1.72. The van der Waals surface area contributed by atoms with E-state index in [4.69, 9.17) is 0 Å². The Morgan fingerprint density at radius 1 is 1.17 bits per heavy atom. The van der Waals surface area contributed by atoms with Crippen molar-refractivity contribution in [1.82, 2.24) is 10.2 Å². The van der Waals surface area contributed by atoms with Gasteiger partial charge in [-0.25, -0.2) is 4.39 Å². The largest absolute Gasteiger partial charge is 0.349 e. The van der Waals surface area contributed by atoms with Gasteiger partial charge in [0.05, 0.1) is 0 Å². The first-order chi connectivity index (χ1) is 11.6. The van der Waals surface area contributed by atoms with Crippen LogP contribution in [0.3, 0.4) is 0 Å². The molecular weight excluding hydrogens is 371 g/mol. The molecule has 0 radical (unpaired) electrons. The molecule has 5 heteroatoms. The monoisotopic (exact) mass is 390 g/mol. The Bertz CT molecular complexity index is 680. The molecule has 0 bridgehead atoms. The molecule has 1 heterocycles. The summed E-state index contributed by atoms with van der Waals surface area (Å²) in [6, 6.07) is 14.8.